The van der Waals surface area contributed by atoms with E-state index in [1.165, 1.54) is 54.6 Å². The van der Waals surface area contributed by atoms with E-state index in [-0.39, 0.29) is 0 Å². The summed E-state index contributed by atoms with van der Waals surface area (Å²) in [7, 11) is 0. The van der Waals surface area contributed by atoms with Gasteiger partial charge in [0.25, 0.3) is 0 Å². The van der Waals surface area contributed by atoms with Crippen LogP contribution < -0.4 is 0 Å². The molecule has 0 spiro atoms. The van der Waals surface area contributed by atoms with Crippen molar-refractivity contribution in [2.45, 2.75) is 0 Å². The Bertz CT molecular complexity index is 3210. The molecule has 0 atom stereocenters. The molecule has 0 fully saturated rings. The predicted octanol–water partition coefficient (Wildman–Crippen LogP) is 13.4. The highest BCUT2D eigenvalue weighted by atomic mass is 14.8. The van der Waals surface area contributed by atoms with E-state index in [0.717, 1.165) is 55.4 Å². The molecule has 0 unspecified atom stereocenters. The van der Waals surface area contributed by atoms with E-state index < -0.39 is 0 Å². The van der Waals surface area contributed by atoms with Crippen molar-refractivity contribution in [2.24, 2.45) is 0 Å². The summed E-state index contributed by atoms with van der Waals surface area (Å²) < 4.78 is 0. The molecule has 0 aliphatic heterocycles. The maximum absolute atomic E-state index is 5.39. The Hall–Kier alpha value is -7.23. The van der Waals surface area contributed by atoms with Crippen molar-refractivity contribution in [3.05, 3.63) is 188 Å². The molecule has 0 amide bonds. The van der Waals surface area contributed by atoms with Gasteiger partial charge in [-0.2, -0.15) is 0 Å². The normalized spacial score (nSPS) is 11.7. The summed E-state index contributed by atoms with van der Waals surface area (Å²) in [5, 5.41) is 9.64. The van der Waals surface area contributed by atoms with Crippen molar-refractivity contribution in [3.8, 4) is 55.9 Å². The molecule has 3 heterocycles. The van der Waals surface area contributed by atoms with Crippen LogP contribution in [0.25, 0.3) is 110 Å². The van der Waals surface area contributed by atoms with E-state index in [9.17, 15) is 0 Å². The summed E-state index contributed by atoms with van der Waals surface area (Å²) in [6.45, 7) is 0. The quantitative estimate of drug-likeness (QED) is 0.169. The number of fused-ring (bicyclic) bond motifs is 3. The highest BCUT2D eigenvalue weighted by Gasteiger charge is 2.17. The molecule has 0 saturated carbocycles. The van der Waals surface area contributed by atoms with Gasteiger partial charge in [0.05, 0.1) is 22.4 Å². The minimum atomic E-state index is 0.904. The van der Waals surface area contributed by atoms with Crippen molar-refractivity contribution in [2.75, 3.05) is 0 Å². The highest BCUT2D eigenvalue weighted by molar-refractivity contribution is 6.27. The third kappa shape index (κ3) is 4.94. The van der Waals surface area contributed by atoms with Gasteiger partial charge < -0.3 is 0 Å². The molecule has 3 heteroatoms. The van der Waals surface area contributed by atoms with Crippen molar-refractivity contribution >= 4 is 54.1 Å². The lowest BCUT2D eigenvalue weighted by molar-refractivity contribution is 1.33. The monoisotopic (exact) mass is 685 g/mol. The van der Waals surface area contributed by atoms with E-state index in [2.05, 4.69) is 169 Å². The van der Waals surface area contributed by atoms with Crippen LogP contribution in [0.5, 0.6) is 0 Å². The highest BCUT2D eigenvalue weighted by Crippen LogP contribution is 2.43. The van der Waals surface area contributed by atoms with Gasteiger partial charge >= 0.3 is 0 Å². The fourth-order valence-electron chi connectivity index (χ4n) is 8.25. The molecule has 0 radical (unpaired) electrons. The van der Waals surface area contributed by atoms with Crippen molar-refractivity contribution in [1.82, 2.24) is 15.0 Å². The van der Waals surface area contributed by atoms with Gasteiger partial charge in [-0.1, -0.05) is 140 Å². The Balaban J connectivity index is 1.06. The fraction of sp³-hybridized carbons (Fsp3) is 0. The summed E-state index contributed by atoms with van der Waals surface area (Å²) in [6, 6.07) is 63.2. The lowest BCUT2D eigenvalue weighted by Gasteiger charge is -2.17. The Morgan fingerprint density at radius 1 is 0.296 bits per heavy atom. The van der Waals surface area contributed by atoms with Gasteiger partial charge in [-0.05, 0) is 102 Å². The molecule has 0 aliphatic carbocycles. The minimum Gasteiger partial charge on any atom is -0.265 e. The summed E-state index contributed by atoms with van der Waals surface area (Å²) in [4.78, 5) is 14.8. The number of aromatic nitrogens is 3. The summed E-state index contributed by atoms with van der Waals surface area (Å²) in [5.74, 6) is 0. The molecule has 3 nitrogen and oxygen atoms in total. The maximum atomic E-state index is 5.39. The van der Waals surface area contributed by atoms with Crippen LogP contribution in [-0.2, 0) is 0 Å². The molecular formula is C51H31N3. The van der Waals surface area contributed by atoms with E-state index in [1.807, 2.05) is 24.5 Å². The average molecular weight is 686 g/mol. The lowest BCUT2D eigenvalue weighted by atomic mass is 9.87. The molecule has 54 heavy (non-hydrogen) atoms. The van der Waals surface area contributed by atoms with Crippen LogP contribution in [0.2, 0.25) is 0 Å². The average Bonchev–Trinajstić information content (AvgIpc) is 3.25. The Kier molecular flexibility index (Phi) is 6.86. The molecule has 0 bridgehead atoms. The van der Waals surface area contributed by atoms with Crippen molar-refractivity contribution in [1.29, 1.82) is 0 Å². The first-order valence-corrected chi connectivity index (χ1v) is 18.3. The van der Waals surface area contributed by atoms with Gasteiger partial charge in [0, 0.05) is 34.3 Å². The second-order valence-corrected chi connectivity index (χ2v) is 14.0. The molecule has 0 N–H and O–H groups in total. The number of hydrogen-bond acceptors (Lipinski definition) is 3. The summed E-state index contributed by atoms with van der Waals surface area (Å²) >= 11 is 0. The summed E-state index contributed by atoms with van der Waals surface area (Å²) in [5.41, 5.74) is 13.0. The molecule has 11 rings (SSSR count). The van der Waals surface area contributed by atoms with E-state index in [0.29, 0.717) is 0 Å². The molecule has 8 aromatic carbocycles. The molecule has 3 aromatic heterocycles. The Morgan fingerprint density at radius 3 is 1.48 bits per heavy atom. The maximum Gasteiger partial charge on any atom is 0.0972 e. The van der Waals surface area contributed by atoms with Crippen LogP contribution in [0.3, 0.4) is 0 Å². The van der Waals surface area contributed by atoms with E-state index in [1.54, 1.807) is 0 Å². The van der Waals surface area contributed by atoms with E-state index >= 15 is 0 Å². The molecule has 0 saturated heterocycles. The lowest BCUT2D eigenvalue weighted by Crippen LogP contribution is -1.93. The SMILES string of the molecule is c1ccc(-c2cccc(-c3ccc4ccc5c(-c6ccc7ccc8ccc(-c9cccc(-c%10ccncc%10)c9)nc8c7n6)ccc6ccc3c4c65)c2)cc1. The first-order valence-electron chi connectivity index (χ1n) is 18.3. The molecule has 250 valence electrons. The second kappa shape index (κ2) is 12.2. The summed E-state index contributed by atoms with van der Waals surface area (Å²) in [6.07, 6.45) is 3.66. The number of hydrogen-bond donors (Lipinski definition) is 0. The third-order valence-corrected chi connectivity index (χ3v) is 10.9. The van der Waals surface area contributed by atoms with Gasteiger partial charge in [-0.3, -0.25) is 4.98 Å². The number of pyridine rings is 3. The van der Waals surface area contributed by atoms with Gasteiger partial charge in [-0.25, -0.2) is 9.97 Å². The molecule has 0 aliphatic rings. The second-order valence-electron chi connectivity index (χ2n) is 14.0. The topological polar surface area (TPSA) is 38.7 Å². The van der Waals surface area contributed by atoms with Crippen LogP contribution >= 0.6 is 0 Å². The van der Waals surface area contributed by atoms with Crippen LogP contribution in [-0.4, -0.2) is 15.0 Å². The van der Waals surface area contributed by atoms with Crippen LogP contribution in [0.4, 0.5) is 0 Å². The number of rotatable bonds is 5. The minimum absolute atomic E-state index is 0.904. The fourth-order valence-corrected chi connectivity index (χ4v) is 8.25. The number of benzene rings is 8. The third-order valence-electron chi connectivity index (χ3n) is 10.9. The Labute approximate surface area is 312 Å². The van der Waals surface area contributed by atoms with Crippen molar-refractivity contribution < 1.29 is 0 Å². The zero-order valence-electron chi connectivity index (χ0n) is 29.2. The van der Waals surface area contributed by atoms with Crippen molar-refractivity contribution in [3.63, 3.8) is 0 Å². The molecule has 11 aromatic rings. The number of nitrogens with zero attached hydrogens (tertiary/aromatic N) is 3. The van der Waals surface area contributed by atoms with Gasteiger partial charge in [0.15, 0.2) is 0 Å². The first-order chi connectivity index (χ1) is 26.7. The zero-order valence-corrected chi connectivity index (χ0v) is 29.2. The smallest absolute Gasteiger partial charge is 0.0972 e. The van der Waals surface area contributed by atoms with Gasteiger partial charge in [-0.15, -0.1) is 0 Å². The largest absolute Gasteiger partial charge is 0.265 e. The predicted molar refractivity (Wildman–Crippen MR) is 226 cm³/mol. The standard InChI is InChI=1S/C51H31N3/c1-2-6-32(7-3-1)38-8-4-10-40(30-38)42-20-14-34-17-23-45-43(21-15-35-16-22-44(42)48(34)49(35)45)47-25-19-37-13-12-36-18-24-46(53-50(36)51(37)54-47)41-11-5-9-39(31-41)33-26-28-52-29-27-33/h1-31H. The Morgan fingerprint density at radius 2 is 0.778 bits per heavy atom. The van der Waals surface area contributed by atoms with Crippen LogP contribution in [0.15, 0.2) is 188 Å². The van der Waals surface area contributed by atoms with Gasteiger partial charge in [0.1, 0.15) is 0 Å². The van der Waals surface area contributed by atoms with Gasteiger partial charge in [0.2, 0.25) is 0 Å². The van der Waals surface area contributed by atoms with Crippen LogP contribution in [0.1, 0.15) is 0 Å². The van der Waals surface area contributed by atoms with E-state index in [4.69, 9.17) is 9.97 Å². The van der Waals surface area contributed by atoms with Crippen LogP contribution in [0, 0.1) is 0 Å². The zero-order chi connectivity index (χ0) is 35.6. The molecular weight excluding hydrogens is 655 g/mol. The first kappa shape index (κ1) is 30.4.